The summed E-state index contributed by atoms with van der Waals surface area (Å²) in [5.74, 6) is -0.600. The number of carbonyl (C=O) groups excluding carboxylic acids is 1. The third-order valence-electron chi connectivity index (χ3n) is 2.79. The first kappa shape index (κ1) is 15.1. The summed E-state index contributed by atoms with van der Waals surface area (Å²) in [5, 5.41) is 2.60. The molecule has 3 N–H and O–H groups in total. The highest BCUT2D eigenvalue weighted by Gasteiger charge is 2.16. The predicted molar refractivity (Wildman–Crippen MR) is 81.0 cm³/mol. The van der Waals surface area contributed by atoms with Gasteiger partial charge in [0.15, 0.2) is 6.10 Å². The van der Waals surface area contributed by atoms with Crippen LogP contribution in [-0.2, 0) is 4.79 Å². The maximum Gasteiger partial charge on any atom is 0.265 e. The third-order valence-corrected chi connectivity index (χ3v) is 3.08. The standard InChI is InChI=1S/C15H14ClFN2O2/c1-9(21-10-6-7-12(17)11(16)8-10)15(20)19-14-5-3-2-4-13(14)18/h2-9H,18H2,1H3,(H,19,20). The van der Waals surface area contributed by atoms with Crippen molar-refractivity contribution in [2.75, 3.05) is 11.1 Å². The molecule has 1 atom stereocenters. The number of benzene rings is 2. The fourth-order valence-corrected chi connectivity index (χ4v) is 1.82. The van der Waals surface area contributed by atoms with Crippen LogP contribution in [0.1, 0.15) is 6.92 Å². The molecule has 1 unspecified atom stereocenters. The summed E-state index contributed by atoms with van der Waals surface area (Å²) in [6, 6.07) is 10.8. The number of halogens is 2. The minimum atomic E-state index is -0.786. The monoisotopic (exact) mass is 308 g/mol. The summed E-state index contributed by atoms with van der Waals surface area (Å²) >= 11 is 5.66. The van der Waals surface area contributed by atoms with E-state index < -0.39 is 11.9 Å². The van der Waals surface area contributed by atoms with Crippen molar-refractivity contribution in [2.45, 2.75) is 13.0 Å². The van der Waals surface area contributed by atoms with Gasteiger partial charge in [-0.2, -0.15) is 0 Å². The van der Waals surface area contributed by atoms with Crippen LogP contribution in [0.3, 0.4) is 0 Å². The largest absolute Gasteiger partial charge is 0.481 e. The zero-order chi connectivity index (χ0) is 15.4. The van der Waals surface area contributed by atoms with Crippen molar-refractivity contribution < 1.29 is 13.9 Å². The molecule has 2 aromatic rings. The zero-order valence-corrected chi connectivity index (χ0v) is 12.0. The summed E-state index contributed by atoms with van der Waals surface area (Å²) in [5.41, 5.74) is 6.71. The van der Waals surface area contributed by atoms with Gasteiger partial charge in [-0.25, -0.2) is 4.39 Å². The average molecular weight is 309 g/mol. The Kier molecular flexibility index (Phi) is 4.65. The average Bonchev–Trinajstić information content (AvgIpc) is 2.45. The number of hydrogen-bond donors (Lipinski definition) is 2. The molecule has 2 aromatic carbocycles. The van der Waals surface area contributed by atoms with Crippen LogP contribution in [-0.4, -0.2) is 12.0 Å². The number of amides is 1. The maximum absolute atomic E-state index is 13.0. The minimum absolute atomic E-state index is 0.0626. The predicted octanol–water partition coefficient (Wildman–Crippen LogP) is 3.47. The fourth-order valence-electron chi connectivity index (χ4n) is 1.65. The molecule has 0 spiro atoms. The Morgan fingerprint density at radius 3 is 2.71 bits per heavy atom. The van der Waals surface area contributed by atoms with E-state index in [0.717, 1.165) is 0 Å². The molecule has 0 saturated heterocycles. The molecule has 110 valence electrons. The Morgan fingerprint density at radius 1 is 1.33 bits per heavy atom. The third kappa shape index (κ3) is 3.86. The summed E-state index contributed by atoms with van der Waals surface area (Å²) in [7, 11) is 0. The van der Waals surface area contributed by atoms with Gasteiger partial charge >= 0.3 is 0 Å². The van der Waals surface area contributed by atoms with Crippen molar-refractivity contribution in [3.8, 4) is 5.75 Å². The first-order valence-corrected chi connectivity index (χ1v) is 6.62. The lowest BCUT2D eigenvalue weighted by atomic mass is 10.2. The Labute approximate surface area is 126 Å². The van der Waals surface area contributed by atoms with Crippen molar-refractivity contribution >= 4 is 28.9 Å². The molecule has 0 heterocycles. The number of hydrogen-bond acceptors (Lipinski definition) is 3. The van der Waals surface area contributed by atoms with Crippen molar-refractivity contribution in [3.63, 3.8) is 0 Å². The van der Waals surface area contributed by atoms with Gasteiger partial charge in [-0.3, -0.25) is 4.79 Å². The Balaban J connectivity index is 2.02. The van der Waals surface area contributed by atoms with Gasteiger partial charge in [-0.1, -0.05) is 23.7 Å². The van der Waals surface area contributed by atoms with Crippen molar-refractivity contribution in [1.29, 1.82) is 0 Å². The minimum Gasteiger partial charge on any atom is -0.481 e. The van der Waals surface area contributed by atoms with Crippen LogP contribution >= 0.6 is 11.6 Å². The number of nitrogens with two attached hydrogens (primary N) is 1. The van der Waals surface area contributed by atoms with E-state index in [-0.39, 0.29) is 10.9 Å². The van der Waals surface area contributed by atoms with Gasteiger partial charge in [0.05, 0.1) is 16.4 Å². The van der Waals surface area contributed by atoms with Crippen LogP contribution in [0.2, 0.25) is 5.02 Å². The molecule has 0 aliphatic heterocycles. The second-order valence-electron chi connectivity index (χ2n) is 4.41. The molecule has 21 heavy (non-hydrogen) atoms. The van der Waals surface area contributed by atoms with Crippen molar-refractivity contribution in [3.05, 3.63) is 53.3 Å². The molecule has 6 heteroatoms. The molecule has 4 nitrogen and oxygen atoms in total. The van der Waals surface area contributed by atoms with E-state index in [1.165, 1.54) is 18.2 Å². The van der Waals surface area contributed by atoms with Gasteiger partial charge < -0.3 is 15.8 Å². The van der Waals surface area contributed by atoms with E-state index in [1.807, 2.05) is 0 Å². The quantitative estimate of drug-likeness (QED) is 0.850. The molecule has 0 aliphatic carbocycles. The second-order valence-corrected chi connectivity index (χ2v) is 4.82. The number of para-hydroxylation sites is 2. The van der Waals surface area contributed by atoms with E-state index in [2.05, 4.69) is 5.32 Å². The maximum atomic E-state index is 13.0. The van der Waals surface area contributed by atoms with Gasteiger partial charge in [0.2, 0.25) is 0 Å². The number of anilines is 2. The smallest absolute Gasteiger partial charge is 0.265 e. The molecule has 0 aliphatic rings. The Hall–Kier alpha value is -2.27. The first-order valence-electron chi connectivity index (χ1n) is 6.24. The van der Waals surface area contributed by atoms with Crippen LogP contribution in [0.4, 0.5) is 15.8 Å². The summed E-state index contributed by atoms with van der Waals surface area (Å²) in [6.07, 6.45) is -0.786. The van der Waals surface area contributed by atoms with Crippen LogP contribution in [0.25, 0.3) is 0 Å². The summed E-state index contributed by atoms with van der Waals surface area (Å²) in [6.45, 7) is 1.58. The number of ether oxygens (including phenoxy) is 1. The van der Waals surface area contributed by atoms with E-state index in [0.29, 0.717) is 17.1 Å². The molecular weight excluding hydrogens is 295 g/mol. The molecule has 0 aromatic heterocycles. The molecule has 0 saturated carbocycles. The van der Waals surface area contributed by atoms with E-state index in [4.69, 9.17) is 22.1 Å². The molecular formula is C15H14ClFN2O2. The molecule has 0 bridgehead atoms. The molecule has 0 radical (unpaired) electrons. The normalized spacial score (nSPS) is 11.8. The highest BCUT2D eigenvalue weighted by atomic mass is 35.5. The van der Waals surface area contributed by atoms with Crippen molar-refractivity contribution in [2.24, 2.45) is 0 Å². The lowest BCUT2D eigenvalue weighted by Crippen LogP contribution is -2.30. The highest BCUT2D eigenvalue weighted by Crippen LogP contribution is 2.22. The molecule has 0 fully saturated rings. The van der Waals surface area contributed by atoms with Crippen LogP contribution < -0.4 is 15.8 Å². The lowest BCUT2D eigenvalue weighted by molar-refractivity contribution is -0.122. The van der Waals surface area contributed by atoms with E-state index in [1.54, 1.807) is 31.2 Å². The topological polar surface area (TPSA) is 64.3 Å². The number of carbonyl (C=O) groups is 1. The number of rotatable bonds is 4. The molecule has 2 rings (SSSR count). The highest BCUT2D eigenvalue weighted by molar-refractivity contribution is 6.30. The van der Waals surface area contributed by atoms with Crippen molar-refractivity contribution in [1.82, 2.24) is 0 Å². The zero-order valence-electron chi connectivity index (χ0n) is 11.3. The van der Waals surface area contributed by atoms with Gasteiger partial charge in [0.1, 0.15) is 11.6 Å². The molecule has 1 amide bonds. The van der Waals surface area contributed by atoms with Gasteiger partial charge in [0, 0.05) is 6.07 Å². The SMILES string of the molecule is CC(Oc1ccc(F)c(Cl)c1)C(=O)Nc1ccccc1N. The fraction of sp³-hybridized carbons (Fsp3) is 0.133. The first-order chi connectivity index (χ1) is 9.97. The number of nitrogens with one attached hydrogen (secondary N) is 1. The van der Waals surface area contributed by atoms with E-state index in [9.17, 15) is 9.18 Å². The number of nitrogen functional groups attached to an aromatic ring is 1. The second kappa shape index (κ2) is 6.45. The van der Waals surface area contributed by atoms with Gasteiger partial charge in [-0.05, 0) is 31.2 Å². The van der Waals surface area contributed by atoms with Gasteiger partial charge in [-0.15, -0.1) is 0 Å². The van der Waals surface area contributed by atoms with Crippen LogP contribution in [0.5, 0.6) is 5.75 Å². The summed E-state index contributed by atoms with van der Waals surface area (Å²) in [4.78, 5) is 12.0. The van der Waals surface area contributed by atoms with Gasteiger partial charge in [0.25, 0.3) is 5.91 Å². The summed E-state index contributed by atoms with van der Waals surface area (Å²) < 4.78 is 18.5. The Morgan fingerprint density at radius 2 is 2.05 bits per heavy atom. The van der Waals surface area contributed by atoms with E-state index >= 15 is 0 Å². The van der Waals surface area contributed by atoms with Crippen LogP contribution in [0, 0.1) is 5.82 Å². The van der Waals surface area contributed by atoms with Crippen LogP contribution in [0.15, 0.2) is 42.5 Å². The lowest BCUT2D eigenvalue weighted by Gasteiger charge is -2.15. The Bertz CT molecular complexity index is 664.